The molecule has 2 amide bonds. The van der Waals surface area contributed by atoms with E-state index in [-0.39, 0.29) is 11.8 Å². The zero-order chi connectivity index (χ0) is 14.6. The highest BCUT2D eigenvalue weighted by atomic mass is 16.4. The molecule has 0 aromatic rings. The van der Waals surface area contributed by atoms with Gasteiger partial charge in [-0.1, -0.05) is 12.8 Å². The number of carbonyl (C=O) groups is 3. The number of hydrogen-bond donors (Lipinski definition) is 2. The molecule has 6 heteroatoms. The molecule has 0 heterocycles. The van der Waals surface area contributed by atoms with Crippen molar-refractivity contribution in [2.24, 2.45) is 11.8 Å². The summed E-state index contributed by atoms with van der Waals surface area (Å²) in [6.07, 6.45) is 2.81. The number of amides is 2. The summed E-state index contributed by atoms with van der Waals surface area (Å²) >= 11 is 0. The van der Waals surface area contributed by atoms with Crippen molar-refractivity contribution < 1.29 is 19.5 Å². The predicted molar refractivity (Wildman–Crippen MR) is 69.4 cm³/mol. The topological polar surface area (TPSA) is 86.7 Å². The number of carboxylic acid groups (broad SMARTS) is 1. The van der Waals surface area contributed by atoms with Gasteiger partial charge in [0.15, 0.2) is 0 Å². The average molecular weight is 270 g/mol. The van der Waals surface area contributed by atoms with Crippen molar-refractivity contribution in [2.45, 2.75) is 38.6 Å². The third-order valence-corrected chi connectivity index (χ3v) is 3.59. The van der Waals surface area contributed by atoms with Gasteiger partial charge in [-0.3, -0.25) is 14.4 Å². The summed E-state index contributed by atoms with van der Waals surface area (Å²) in [5.41, 5.74) is 0. The van der Waals surface area contributed by atoms with Crippen LogP contribution in [0.15, 0.2) is 0 Å². The van der Waals surface area contributed by atoms with Gasteiger partial charge in [-0.15, -0.1) is 0 Å². The van der Waals surface area contributed by atoms with Crippen LogP contribution >= 0.6 is 0 Å². The van der Waals surface area contributed by atoms with Crippen molar-refractivity contribution in [1.29, 1.82) is 0 Å². The van der Waals surface area contributed by atoms with Crippen LogP contribution in [-0.2, 0) is 14.4 Å². The third kappa shape index (κ3) is 3.94. The number of likely N-dealkylation sites (N-methyl/N-ethyl adjacent to an activating group) is 1. The summed E-state index contributed by atoms with van der Waals surface area (Å²) in [7, 11) is 3.23. The van der Waals surface area contributed by atoms with Gasteiger partial charge in [0.2, 0.25) is 11.8 Å². The summed E-state index contributed by atoms with van der Waals surface area (Å²) in [6, 6.07) is -0.626. The van der Waals surface area contributed by atoms with Gasteiger partial charge in [-0.25, -0.2) is 0 Å². The fraction of sp³-hybridized carbons (Fsp3) is 0.769. The standard InChI is InChI=1S/C13H22N2O4/c1-8(12(17)15(2)3)14-11(16)9-6-4-5-7-10(9)13(18)19/h8-10H,4-7H2,1-3H3,(H,14,16)(H,18,19)/t8?,9-,10+/m1/s1. The van der Waals surface area contributed by atoms with Crippen LogP contribution in [0.2, 0.25) is 0 Å². The number of aliphatic carboxylic acids is 1. The average Bonchev–Trinajstić information content (AvgIpc) is 2.37. The van der Waals surface area contributed by atoms with Crippen molar-refractivity contribution in [1.82, 2.24) is 10.2 Å². The second kappa shape index (κ2) is 6.54. The molecule has 2 N–H and O–H groups in total. The van der Waals surface area contributed by atoms with Gasteiger partial charge in [0.05, 0.1) is 11.8 Å². The molecule has 3 atom stereocenters. The minimum atomic E-state index is -0.925. The summed E-state index contributed by atoms with van der Waals surface area (Å²) < 4.78 is 0. The van der Waals surface area contributed by atoms with Crippen LogP contribution in [0.4, 0.5) is 0 Å². The van der Waals surface area contributed by atoms with E-state index in [1.165, 1.54) is 4.90 Å². The second-order valence-electron chi connectivity index (χ2n) is 5.30. The monoisotopic (exact) mass is 270 g/mol. The fourth-order valence-corrected chi connectivity index (χ4v) is 2.51. The van der Waals surface area contributed by atoms with E-state index in [4.69, 9.17) is 5.11 Å². The maximum atomic E-state index is 12.1. The van der Waals surface area contributed by atoms with Crippen LogP contribution < -0.4 is 5.32 Å². The fourth-order valence-electron chi connectivity index (χ4n) is 2.51. The number of rotatable bonds is 4. The molecule has 1 aliphatic carbocycles. The van der Waals surface area contributed by atoms with E-state index in [0.717, 1.165) is 12.8 Å². The smallest absolute Gasteiger partial charge is 0.307 e. The first-order valence-electron chi connectivity index (χ1n) is 6.59. The largest absolute Gasteiger partial charge is 0.481 e. The first-order chi connectivity index (χ1) is 8.84. The summed E-state index contributed by atoms with van der Waals surface area (Å²) in [6.45, 7) is 1.61. The lowest BCUT2D eigenvalue weighted by Crippen LogP contribution is -2.48. The van der Waals surface area contributed by atoms with Crippen LogP contribution in [0, 0.1) is 11.8 Å². The van der Waals surface area contributed by atoms with E-state index in [1.54, 1.807) is 21.0 Å². The van der Waals surface area contributed by atoms with Crippen LogP contribution in [0.3, 0.4) is 0 Å². The molecule has 0 saturated heterocycles. The van der Waals surface area contributed by atoms with Gasteiger partial charge in [0.25, 0.3) is 0 Å². The van der Waals surface area contributed by atoms with Gasteiger partial charge in [0, 0.05) is 14.1 Å². The normalized spacial score (nSPS) is 24.4. The summed E-state index contributed by atoms with van der Waals surface area (Å²) in [5, 5.41) is 11.8. The van der Waals surface area contributed by atoms with Gasteiger partial charge >= 0.3 is 5.97 Å². The molecule has 0 aliphatic heterocycles. The SMILES string of the molecule is CC(NC(=O)[C@@H]1CCCC[C@@H]1C(=O)O)C(=O)N(C)C. The molecule has 0 aromatic heterocycles. The molecule has 1 unspecified atom stereocenters. The van der Waals surface area contributed by atoms with E-state index in [0.29, 0.717) is 12.8 Å². The summed E-state index contributed by atoms with van der Waals surface area (Å²) in [5.74, 6) is -2.60. The molecule has 0 bridgehead atoms. The molecule has 1 aliphatic rings. The van der Waals surface area contributed by atoms with E-state index in [2.05, 4.69) is 5.32 Å². The lowest BCUT2D eigenvalue weighted by atomic mass is 9.78. The number of nitrogens with zero attached hydrogens (tertiary/aromatic N) is 1. The van der Waals surface area contributed by atoms with Crippen molar-refractivity contribution in [3.8, 4) is 0 Å². The molecule has 1 rings (SSSR count). The molecule has 0 radical (unpaired) electrons. The minimum absolute atomic E-state index is 0.198. The molecule has 1 saturated carbocycles. The Balaban J connectivity index is 2.65. The van der Waals surface area contributed by atoms with Crippen molar-refractivity contribution in [3.63, 3.8) is 0 Å². The van der Waals surface area contributed by atoms with Crippen molar-refractivity contribution >= 4 is 17.8 Å². The lowest BCUT2D eigenvalue weighted by molar-refractivity contribution is -0.149. The van der Waals surface area contributed by atoms with Gasteiger partial charge in [0.1, 0.15) is 6.04 Å². The highest BCUT2D eigenvalue weighted by Crippen LogP contribution is 2.30. The van der Waals surface area contributed by atoms with Gasteiger partial charge in [-0.2, -0.15) is 0 Å². The highest BCUT2D eigenvalue weighted by molar-refractivity contribution is 5.90. The summed E-state index contributed by atoms with van der Waals surface area (Å²) in [4.78, 5) is 36.3. The van der Waals surface area contributed by atoms with Crippen LogP contribution in [0.25, 0.3) is 0 Å². The van der Waals surface area contributed by atoms with Crippen molar-refractivity contribution in [3.05, 3.63) is 0 Å². The van der Waals surface area contributed by atoms with Gasteiger partial charge < -0.3 is 15.3 Å². The zero-order valence-corrected chi connectivity index (χ0v) is 11.7. The number of hydrogen-bond acceptors (Lipinski definition) is 3. The maximum absolute atomic E-state index is 12.1. The zero-order valence-electron chi connectivity index (χ0n) is 11.7. The Labute approximate surface area is 113 Å². The Morgan fingerprint density at radius 2 is 1.68 bits per heavy atom. The third-order valence-electron chi connectivity index (χ3n) is 3.59. The molecule has 6 nitrogen and oxygen atoms in total. The number of nitrogens with one attached hydrogen (secondary N) is 1. The molecule has 108 valence electrons. The predicted octanol–water partition coefficient (Wildman–Crippen LogP) is 0.470. The van der Waals surface area contributed by atoms with Gasteiger partial charge in [-0.05, 0) is 19.8 Å². The molecule has 1 fully saturated rings. The van der Waals surface area contributed by atoms with Crippen LogP contribution in [0.5, 0.6) is 0 Å². The van der Waals surface area contributed by atoms with E-state index in [1.807, 2.05) is 0 Å². The number of carbonyl (C=O) groups excluding carboxylic acids is 2. The first kappa shape index (κ1) is 15.5. The first-order valence-corrected chi connectivity index (χ1v) is 6.59. The van der Waals surface area contributed by atoms with Crippen molar-refractivity contribution in [2.75, 3.05) is 14.1 Å². The Kier molecular flexibility index (Phi) is 5.32. The Morgan fingerprint density at radius 3 is 2.16 bits per heavy atom. The molecule has 0 spiro atoms. The molecule has 19 heavy (non-hydrogen) atoms. The molecular weight excluding hydrogens is 248 g/mol. The lowest BCUT2D eigenvalue weighted by Gasteiger charge is -2.29. The van der Waals surface area contributed by atoms with E-state index >= 15 is 0 Å². The number of carboxylic acids is 1. The molecule has 0 aromatic carbocycles. The minimum Gasteiger partial charge on any atom is -0.481 e. The Hall–Kier alpha value is -1.59. The Bertz CT molecular complexity index is 368. The Morgan fingerprint density at radius 1 is 1.16 bits per heavy atom. The second-order valence-corrected chi connectivity index (χ2v) is 5.30. The molecular formula is C13H22N2O4. The van der Waals surface area contributed by atoms with Crippen LogP contribution in [-0.4, -0.2) is 47.9 Å². The van der Waals surface area contributed by atoms with E-state index in [9.17, 15) is 14.4 Å². The van der Waals surface area contributed by atoms with Crippen LogP contribution in [0.1, 0.15) is 32.6 Å². The maximum Gasteiger partial charge on any atom is 0.307 e. The quantitative estimate of drug-likeness (QED) is 0.777. The van der Waals surface area contributed by atoms with E-state index < -0.39 is 23.8 Å². The highest BCUT2D eigenvalue weighted by Gasteiger charge is 2.36.